The minimum Gasteiger partial charge on any atom is -0.310 e. The second-order valence-electron chi connectivity index (χ2n) is 4.85. The van der Waals surface area contributed by atoms with Gasteiger partial charge in [0.2, 0.25) is 0 Å². The third kappa shape index (κ3) is 3.74. The van der Waals surface area contributed by atoms with E-state index in [2.05, 4.69) is 18.3 Å². The molecule has 1 aliphatic carbocycles. The van der Waals surface area contributed by atoms with Crippen molar-refractivity contribution in [3.05, 3.63) is 45.5 Å². The minimum atomic E-state index is 0.261. The second-order valence-corrected chi connectivity index (χ2v) is 5.69. The van der Waals surface area contributed by atoms with E-state index in [1.54, 1.807) is 11.6 Å². The van der Waals surface area contributed by atoms with Gasteiger partial charge in [0, 0.05) is 16.1 Å². The van der Waals surface area contributed by atoms with Gasteiger partial charge in [-0.05, 0) is 56.8 Å². The molecule has 0 aliphatic heterocycles. The molecule has 0 saturated carbocycles. The van der Waals surface area contributed by atoms with Crippen LogP contribution in [0.15, 0.2) is 29.8 Å². The summed E-state index contributed by atoms with van der Waals surface area (Å²) in [5.74, 6) is 0. The van der Waals surface area contributed by atoms with Gasteiger partial charge < -0.3 is 5.32 Å². The fraction of sp³-hybridized carbons (Fsp3) is 0.467. The van der Waals surface area contributed by atoms with Crippen molar-refractivity contribution in [2.45, 2.75) is 38.6 Å². The first kappa shape index (κ1) is 13.9. The molecular formula is C15H19Cl2N. The molecule has 0 saturated heterocycles. The fourth-order valence-corrected chi connectivity index (χ4v) is 2.95. The predicted molar refractivity (Wildman–Crippen MR) is 79.4 cm³/mol. The second kappa shape index (κ2) is 6.60. The molecule has 0 bridgehead atoms. The highest BCUT2D eigenvalue weighted by Crippen LogP contribution is 2.26. The molecule has 1 N–H and O–H groups in total. The zero-order valence-corrected chi connectivity index (χ0v) is 12.2. The van der Waals surface area contributed by atoms with Crippen LogP contribution in [-0.4, -0.2) is 6.54 Å². The Morgan fingerprint density at radius 2 is 2.17 bits per heavy atom. The Hall–Kier alpha value is -0.500. The molecule has 1 nitrogen and oxygen atoms in total. The van der Waals surface area contributed by atoms with Crippen LogP contribution < -0.4 is 5.32 Å². The summed E-state index contributed by atoms with van der Waals surface area (Å²) in [6.45, 7) is 3.14. The van der Waals surface area contributed by atoms with Crippen molar-refractivity contribution < 1.29 is 0 Å². The average Bonchev–Trinajstić information content (AvgIpc) is 2.81. The van der Waals surface area contributed by atoms with Crippen LogP contribution in [-0.2, 0) is 0 Å². The lowest BCUT2D eigenvalue weighted by Gasteiger charge is -2.16. The number of allylic oxidation sites excluding steroid dienone is 1. The van der Waals surface area contributed by atoms with E-state index in [4.69, 9.17) is 23.2 Å². The molecule has 0 aromatic heterocycles. The molecule has 1 aliphatic rings. The zero-order chi connectivity index (χ0) is 13.0. The first-order valence-electron chi connectivity index (χ1n) is 6.53. The Kier molecular flexibility index (Phi) is 5.11. The number of nitrogens with one attached hydrogen (secondary N) is 1. The number of rotatable bonds is 5. The van der Waals surface area contributed by atoms with Crippen molar-refractivity contribution in [1.29, 1.82) is 0 Å². The summed E-state index contributed by atoms with van der Waals surface area (Å²) < 4.78 is 0. The molecule has 1 aromatic rings. The summed E-state index contributed by atoms with van der Waals surface area (Å²) in [4.78, 5) is 0. The van der Waals surface area contributed by atoms with E-state index >= 15 is 0 Å². The predicted octanol–water partition coefficient (Wildman–Crippen LogP) is 5.14. The highest BCUT2D eigenvalue weighted by molar-refractivity contribution is 6.35. The lowest BCUT2D eigenvalue weighted by atomic mass is 10.1. The lowest BCUT2D eigenvalue weighted by Crippen LogP contribution is -2.20. The molecule has 3 heteroatoms. The molecule has 98 valence electrons. The van der Waals surface area contributed by atoms with Gasteiger partial charge in [-0.2, -0.15) is 0 Å². The highest BCUT2D eigenvalue weighted by Gasteiger charge is 2.10. The van der Waals surface area contributed by atoms with Crippen LogP contribution in [0, 0.1) is 0 Å². The van der Waals surface area contributed by atoms with E-state index in [-0.39, 0.29) is 6.04 Å². The van der Waals surface area contributed by atoms with Gasteiger partial charge in [0.1, 0.15) is 0 Å². The molecule has 2 rings (SSSR count). The maximum absolute atomic E-state index is 6.19. The topological polar surface area (TPSA) is 12.0 Å². The molecule has 0 amide bonds. The van der Waals surface area contributed by atoms with Crippen LogP contribution in [0.2, 0.25) is 10.0 Å². The fourth-order valence-electron chi connectivity index (χ4n) is 2.38. The quantitative estimate of drug-likeness (QED) is 0.738. The molecule has 18 heavy (non-hydrogen) atoms. The Balaban J connectivity index is 1.85. The van der Waals surface area contributed by atoms with Crippen LogP contribution in [0.25, 0.3) is 0 Å². The Morgan fingerprint density at radius 3 is 2.83 bits per heavy atom. The SMILES string of the molecule is CC(NCCC1=CCCC1)c1ccc(Cl)cc1Cl. The normalized spacial score (nSPS) is 16.7. The molecule has 0 heterocycles. The number of hydrogen-bond donors (Lipinski definition) is 1. The summed E-state index contributed by atoms with van der Waals surface area (Å²) in [7, 11) is 0. The smallest absolute Gasteiger partial charge is 0.0468 e. The van der Waals surface area contributed by atoms with Crippen molar-refractivity contribution in [3.8, 4) is 0 Å². The highest BCUT2D eigenvalue weighted by atomic mass is 35.5. The molecule has 0 fully saturated rings. The Morgan fingerprint density at radius 1 is 1.33 bits per heavy atom. The van der Waals surface area contributed by atoms with Gasteiger partial charge in [0.25, 0.3) is 0 Å². The van der Waals surface area contributed by atoms with E-state index in [1.165, 1.54) is 19.3 Å². The monoisotopic (exact) mass is 283 g/mol. The summed E-state index contributed by atoms with van der Waals surface area (Å²) in [6, 6.07) is 5.95. The molecule has 0 radical (unpaired) electrons. The summed E-state index contributed by atoms with van der Waals surface area (Å²) in [5, 5.41) is 4.94. The maximum Gasteiger partial charge on any atom is 0.0468 e. The van der Waals surface area contributed by atoms with E-state index in [0.29, 0.717) is 5.02 Å². The van der Waals surface area contributed by atoms with Crippen LogP contribution in [0.3, 0.4) is 0 Å². The van der Waals surface area contributed by atoms with E-state index in [1.807, 2.05) is 12.1 Å². The van der Waals surface area contributed by atoms with E-state index in [0.717, 1.165) is 23.6 Å². The Labute approximate surface area is 119 Å². The molecule has 1 unspecified atom stereocenters. The third-order valence-corrected chi connectivity index (χ3v) is 4.02. The van der Waals surface area contributed by atoms with Gasteiger partial charge in [-0.1, -0.05) is 40.9 Å². The first-order valence-corrected chi connectivity index (χ1v) is 7.28. The third-order valence-electron chi connectivity index (χ3n) is 3.46. The van der Waals surface area contributed by atoms with Gasteiger partial charge in [-0.15, -0.1) is 0 Å². The molecule has 0 spiro atoms. The number of halogens is 2. The maximum atomic E-state index is 6.19. The summed E-state index contributed by atoms with van der Waals surface area (Å²) in [5.41, 5.74) is 2.71. The average molecular weight is 284 g/mol. The van der Waals surface area contributed by atoms with Crippen LogP contribution >= 0.6 is 23.2 Å². The standard InChI is InChI=1S/C15H19Cl2N/c1-11(14-7-6-13(16)10-15(14)17)18-9-8-12-4-2-3-5-12/h4,6-7,10-11,18H,2-3,5,8-9H2,1H3. The van der Waals surface area contributed by atoms with Crippen molar-refractivity contribution >= 4 is 23.2 Å². The molecule has 1 atom stereocenters. The first-order chi connectivity index (χ1) is 8.66. The van der Waals surface area contributed by atoms with Gasteiger partial charge in [-0.25, -0.2) is 0 Å². The van der Waals surface area contributed by atoms with Crippen LogP contribution in [0.5, 0.6) is 0 Å². The Bertz CT molecular complexity index is 440. The van der Waals surface area contributed by atoms with Crippen molar-refractivity contribution in [3.63, 3.8) is 0 Å². The number of benzene rings is 1. The van der Waals surface area contributed by atoms with Crippen molar-refractivity contribution in [2.24, 2.45) is 0 Å². The zero-order valence-electron chi connectivity index (χ0n) is 10.7. The summed E-state index contributed by atoms with van der Waals surface area (Å²) >= 11 is 12.1. The van der Waals surface area contributed by atoms with E-state index in [9.17, 15) is 0 Å². The van der Waals surface area contributed by atoms with Gasteiger partial charge in [0.05, 0.1) is 0 Å². The van der Waals surface area contributed by atoms with Gasteiger partial charge in [-0.3, -0.25) is 0 Å². The lowest BCUT2D eigenvalue weighted by molar-refractivity contribution is 0.573. The molecule has 1 aromatic carbocycles. The van der Waals surface area contributed by atoms with E-state index < -0.39 is 0 Å². The van der Waals surface area contributed by atoms with Crippen LogP contribution in [0.1, 0.15) is 44.2 Å². The van der Waals surface area contributed by atoms with Crippen molar-refractivity contribution in [1.82, 2.24) is 5.32 Å². The van der Waals surface area contributed by atoms with Gasteiger partial charge in [0.15, 0.2) is 0 Å². The number of hydrogen-bond acceptors (Lipinski definition) is 1. The minimum absolute atomic E-state index is 0.261. The summed E-state index contributed by atoms with van der Waals surface area (Å²) in [6.07, 6.45) is 7.39. The largest absolute Gasteiger partial charge is 0.310 e. The van der Waals surface area contributed by atoms with Crippen molar-refractivity contribution in [2.75, 3.05) is 6.54 Å². The molecular weight excluding hydrogens is 265 g/mol. The van der Waals surface area contributed by atoms with Gasteiger partial charge >= 0.3 is 0 Å². The van der Waals surface area contributed by atoms with Crippen LogP contribution in [0.4, 0.5) is 0 Å².